The number of rotatable bonds is 3. The molecule has 1 aromatic carbocycles. The summed E-state index contributed by atoms with van der Waals surface area (Å²) in [4.78, 5) is 35.5. The normalized spacial score (nSPS) is 20.8. The third kappa shape index (κ3) is 2.78. The number of aromatic amines is 1. The van der Waals surface area contributed by atoms with Gasteiger partial charge in [-0.1, -0.05) is 15.9 Å². The van der Waals surface area contributed by atoms with Crippen LogP contribution in [0.5, 0.6) is 0 Å². The summed E-state index contributed by atoms with van der Waals surface area (Å²) in [6, 6.07) is 5.81. The van der Waals surface area contributed by atoms with E-state index < -0.39 is 0 Å². The molecule has 0 radical (unpaired) electrons. The van der Waals surface area contributed by atoms with Crippen LogP contribution in [-0.2, 0) is 4.79 Å². The maximum Gasteiger partial charge on any atom is 0.254 e. The zero-order valence-electron chi connectivity index (χ0n) is 14.1. The van der Waals surface area contributed by atoms with Crippen LogP contribution in [0.15, 0.2) is 35.1 Å². The van der Waals surface area contributed by atoms with Crippen molar-refractivity contribution < 1.29 is 9.59 Å². The Balaban J connectivity index is 1.36. The molecule has 6 rings (SSSR count). The van der Waals surface area contributed by atoms with E-state index in [0.29, 0.717) is 17.1 Å². The average Bonchev–Trinajstić information content (AvgIpc) is 2.99. The Morgan fingerprint density at radius 1 is 1.33 bits per heavy atom. The fourth-order valence-corrected chi connectivity index (χ4v) is 4.18. The number of hydrogen-bond acceptors (Lipinski definition) is 5. The maximum atomic E-state index is 13.0. The van der Waals surface area contributed by atoms with Crippen molar-refractivity contribution in [2.45, 2.75) is 24.8 Å². The van der Waals surface area contributed by atoms with Crippen LogP contribution in [0.4, 0.5) is 5.95 Å². The van der Waals surface area contributed by atoms with Gasteiger partial charge in [-0.2, -0.15) is 10.1 Å². The summed E-state index contributed by atoms with van der Waals surface area (Å²) in [5.41, 5.74) is 2.31. The molecule has 136 valence electrons. The first-order valence-electron chi connectivity index (χ1n) is 8.65. The Kier molecular flexibility index (Phi) is 3.71. The van der Waals surface area contributed by atoms with Gasteiger partial charge in [-0.25, -0.2) is 4.98 Å². The Morgan fingerprint density at radius 3 is 3.04 bits per heavy atom. The molecule has 4 heterocycles. The number of carbonyl (C=O) groups excluding carboxylic acids is 2. The van der Waals surface area contributed by atoms with Crippen molar-refractivity contribution in [2.75, 3.05) is 11.9 Å². The van der Waals surface area contributed by atoms with Gasteiger partial charge in [0.25, 0.3) is 5.91 Å². The van der Waals surface area contributed by atoms with Gasteiger partial charge in [0.15, 0.2) is 5.65 Å². The number of benzene rings is 1. The molecule has 2 N–H and O–H groups in total. The fourth-order valence-electron chi connectivity index (χ4n) is 3.80. The van der Waals surface area contributed by atoms with Gasteiger partial charge in [-0.15, -0.1) is 0 Å². The lowest BCUT2D eigenvalue weighted by atomic mass is 9.76. The third-order valence-electron chi connectivity index (χ3n) is 5.25. The molecule has 3 aromatic rings. The van der Waals surface area contributed by atoms with E-state index in [1.54, 1.807) is 17.3 Å². The molecule has 2 amide bonds. The number of anilines is 1. The zero-order chi connectivity index (χ0) is 18.5. The first-order valence-corrected chi connectivity index (χ1v) is 9.44. The van der Waals surface area contributed by atoms with Crippen molar-refractivity contribution >= 4 is 44.7 Å². The second kappa shape index (κ2) is 6.12. The van der Waals surface area contributed by atoms with Crippen molar-refractivity contribution in [1.82, 2.24) is 25.1 Å². The largest absolute Gasteiger partial charge is 0.326 e. The predicted molar refractivity (Wildman–Crippen MR) is 101 cm³/mol. The summed E-state index contributed by atoms with van der Waals surface area (Å²) in [5, 5.41) is 10.1. The number of amides is 2. The van der Waals surface area contributed by atoms with Crippen LogP contribution >= 0.6 is 15.9 Å². The van der Waals surface area contributed by atoms with Gasteiger partial charge in [0.1, 0.15) is 6.54 Å². The molecule has 1 saturated carbocycles. The van der Waals surface area contributed by atoms with Crippen molar-refractivity contribution in [3.05, 3.63) is 46.2 Å². The molecule has 2 aliphatic heterocycles. The molecule has 0 atom stereocenters. The number of nitrogens with one attached hydrogen (secondary N) is 2. The van der Waals surface area contributed by atoms with E-state index in [0.717, 1.165) is 28.3 Å². The smallest absolute Gasteiger partial charge is 0.254 e. The highest BCUT2D eigenvalue weighted by molar-refractivity contribution is 9.10. The molecule has 0 spiro atoms. The standard InChI is InChI=1S/C18H15BrN6O2/c19-11-1-2-13-14(5-11)9-3-12(4-9)25(17(13)27)8-15(26)22-18-20-6-10-7-21-24-16(10)23-18/h1-2,5-7,9,12H,3-4,8H2,(H2,20,21,22,23,24,26). The fraction of sp³-hybridized carbons (Fsp3) is 0.278. The Morgan fingerprint density at radius 2 is 2.19 bits per heavy atom. The zero-order valence-corrected chi connectivity index (χ0v) is 15.7. The second-order valence-electron chi connectivity index (χ2n) is 6.90. The van der Waals surface area contributed by atoms with E-state index in [-0.39, 0.29) is 30.3 Å². The van der Waals surface area contributed by atoms with Gasteiger partial charge in [0.05, 0.1) is 11.6 Å². The van der Waals surface area contributed by atoms with E-state index in [2.05, 4.69) is 41.4 Å². The van der Waals surface area contributed by atoms with Crippen molar-refractivity contribution in [3.8, 4) is 0 Å². The Labute approximate surface area is 162 Å². The molecular weight excluding hydrogens is 412 g/mol. The molecule has 0 unspecified atom stereocenters. The summed E-state index contributed by atoms with van der Waals surface area (Å²) < 4.78 is 0.968. The van der Waals surface area contributed by atoms with Crippen molar-refractivity contribution in [2.24, 2.45) is 0 Å². The van der Waals surface area contributed by atoms with E-state index in [1.807, 2.05) is 18.2 Å². The van der Waals surface area contributed by atoms with E-state index >= 15 is 0 Å². The number of halogens is 1. The van der Waals surface area contributed by atoms with Gasteiger partial charge in [0.2, 0.25) is 11.9 Å². The average molecular weight is 427 g/mol. The van der Waals surface area contributed by atoms with Gasteiger partial charge in [-0.3, -0.25) is 20.0 Å². The van der Waals surface area contributed by atoms with Gasteiger partial charge < -0.3 is 4.90 Å². The summed E-state index contributed by atoms with van der Waals surface area (Å²) in [6.45, 7) is -0.0178. The van der Waals surface area contributed by atoms with Crippen molar-refractivity contribution in [1.29, 1.82) is 0 Å². The lowest BCUT2D eigenvalue weighted by Crippen LogP contribution is -2.47. The van der Waals surface area contributed by atoms with Crippen LogP contribution in [0.3, 0.4) is 0 Å². The number of fused-ring (bicyclic) bond motifs is 2. The molecule has 8 nitrogen and oxygen atoms in total. The van der Waals surface area contributed by atoms with Crippen LogP contribution in [-0.4, -0.2) is 49.5 Å². The minimum atomic E-state index is -0.314. The molecule has 9 heteroatoms. The first kappa shape index (κ1) is 16.4. The van der Waals surface area contributed by atoms with Gasteiger partial charge in [0, 0.05) is 22.3 Å². The summed E-state index contributed by atoms with van der Waals surface area (Å²) in [7, 11) is 0. The minimum Gasteiger partial charge on any atom is -0.326 e. The van der Waals surface area contributed by atoms with Gasteiger partial charge in [-0.05, 0) is 42.5 Å². The summed E-state index contributed by atoms with van der Waals surface area (Å²) >= 11 is 3.48. The van der Waals surface area contributed by atoms with Crippen LogP contribution in [0, 0.1) is 0 Å². The lowest BCUT2D eigenvalue weighted by molar-refractivity contribution is -0.117. The SMILES string of the molecule is O=C(CN1C(=O)c2ccc(Br)cc2C2CC1C2)Nc1ncc2cn[nH]c2n1. The maximum absolute atomic E-state index is 13.0. The Hall–Kier alpha value is -2.81. The topological polar surface area (TPSA) is 104 Å². The first-order chi connectivity index (χ1) is 13.1. The second-order valence-corrected chi connectivity index (χ2v) is 7.82. The third-order valence-corrected chi connectivity index (χ3v) is 5.75. The van der Waals surface area contributed by atoms with Crippen LogP contribution in [0.1, 0.15) is 34.7 Å². The molecular formula is C18H15BrN6O2. The van der Waals surface area contributed by atoms with E-state index in [9.17, 15) is 9.59 Å². The van der Waals surface area contributed by atoms with Gasteiger partial charge >= 0.3 is 0 Å². The molecule has 0 saturated heterocycles. The van der Waals surface area contributed by atoms with Crippen molar-refractivity contribution in [3.63, 3.8) is 0 Å². The predicted octanol–water partition coefficient (Wildman–Crippen LogP) is 2.46. The van der Waals surface area contributed by atoms with E-state index in [4.69, 9.17) is 0 Å². The highest BCUT2D eigenvalue weighted by Gasteiger charge is 2.43. The number of hydrogen-bond donors (Lipinski definition) is 2. The number of nitrogens with zero attached hydrogens (tertiary/aromatic N) is 4. The highest BCUT2D eigenvalue weighted by Crippen LogP contribution is 2.45. The number of H-pyrrole nitrogens is 1. The molecule has 1 fully saturated rings. The van der Waals surface area contributed by atoms with E-state index in [1.165, 1.54) is 0 Å². The molecule has 1 aliphatic carbocycles. The Bertz CT molecular complexity index is 1070. The summed E-state index contributed by atoms with van der Waals surface area (Å²) in [6.07, 6.45) is 4.97. The van der Waals surface area contributed by atoms with Crippen LogP contribution < -0.4 is 5.32 Å². The highest BCUT2D eigenvalue weighted by atomic mass is 79.9. The molecule has 27 heavy (non-hydrogen) atoms. The summed E-state index contributed by atoms with van der Waals surface area (Å²) in [5.74, 6) is 0.161. The monoisotopic (exact) mass is 426 g/mol. The molecule has 2 aromatic heterocycles. The molecule has 3 aliphatic rings. The minimum absolute atomic E-state index is 0.0178. The van der Waals surface area contributed by atoms with Crippen LogP contribution in [0.25, 0.3) is 11.0 Å². The van der Waals surface area contributed by atoms with Crippen LogP contribution in [0.2, 0.25) is 0 Å². The quantitative estimate of drug-likeness (QED) is 0.669. The molecule has 2 bridgehead atoms. The lowest BCUT2D eigenvalue weighted by Gasteiger charge is -2.39. The number of carbonyl (C=O) groups is 2. The number of aromatic nitrogens is 4.